The minimum absolute atomic E-state index is 0.0634. The average Bonchev–Trinajstić information content (AvgIpc) is 2.56. The summed E-state index contributed by atoms with van der Waals surface area (Å²) >= 11 is 0. The summed E-state index contributed by atoms with van der Waals surface area (Å²) in [6, 6.07) is 7.07. The highest BCUT2D eigenvalue weighted by molar-refractivity contribution is 5.46. The predicted octanol–water partition coefficient (Wildman–Crippen LogP) is 2.85. The van der Waals surface area contributed by atoms with Gasteiger partial charge in [-0.1, -0.05) is 25.3 Å². The van der Waals surface area contributed by atoms with Crippen molar-refractivity contribution in [2.75, 3.05) is 18.5 Å². The third-order valence-electron chi connectivity index (χ3n) is 4.10. The molecular weight excluding hydrogens is 278 g/mol. The largest absolute Gasteiger partial charge is 0.378 e. The first-order chi connectivity index (χ1) is 10.8. The number of anilines is 1. The van der Waals surface area contributed by atoms with E-state index in [0.29, 0.717) is 17.6 Å². The van der Waals surface area contributed by atoms with Gasteiger partial charge in [-0.05, 0) is 31.4 Å². The van der Waals surface area contributed by atoms with E-state index in [4.69, 9.17) is 4.74 Å². The summed E-state index contributed by atoms with van der Waals surface area (Å²) in [4.78, 5) is 16.4. The summed E-state index contributed by atoms with van der Waals surface area (Å²) in [5.74, 6) is 0.633. The van der Waals surface area contributed by atoms with Gasteiger partial charge in [0.2, 0.25) is 0 Å². The van der Waals surface area contributed by atoms with Crippen LogP contribution in [0.2, 0.25) is 0 Å². The Morgan fingerprint density at radius 3 is 3.00 bits per heavy atom. The van der Waals surface area contributed by atoms with Gasteiger partial charge in [0.1, 0.15) is 11.5 Å². The van der Waals surface area contributed by atoms with Gasteiger partial charge < -0.3 is 10.1 Å². The molecule has 0 spiro atoms. The Labute approximate surface area is 130 Å². The molecule has 1 aliphatic carbocycles. The maximum atomic E-state index is 12.0. The lowest BCUT2D eigenvalue weighted by atomic mass is 9.98. The first kappa shape index (κ1) is 15.0. The van der Waals surface area contributed by atoms with E-state index >= 15 is 0 Å². The van der Waals surface area contributed by atoms with Gasteiger partial charge in [0.15, 0.2) is 0 Å². The second kappa shape index (κ2) is 7.40. The van der Waals surface area contributed by atoms with E-state index in [-0.39, 0.29) is 5.56 Å². The Morgan fingerprint density at radius 2 is 2.14 bits per heavy atom. The maximum absolute atomic E-state index is 12.0. The fraction of sp³-hybridized carbons (Fsp3) is 0.529. The van der Waals surface area contributed by atoms with E-state index in [0.717, 1.165) is 19.6 Å². The molecule has 1 saturated carbocycles. The van der Waals surface area contributed by atoms with Crippen LogP contribution in [0.3, 0.4) is 0 Å². The monoisotopic (exact) mass is 301 g/mol. The molecule has 0 amide bonds. The zero-order valence-electron chi connectivity index (χ0n) is 12.8. The molecule has 1 fully saturated rings. The average molecular weight is 301 g/mol. The number of pyridine rings is 1. The Hall–Kier alpha value is -1.88. The molecule has 2 aromatic heterocycles. The van der Waals surface area contributed by atoms with Gasteiger partial charge >= 0.3 is 0 Å². The normalized spacial score (nSPS) is 16.0. The molecule has 118 valence electrons. The van der Waals surface area contributed by atoms with Crippen LogP contribution in [-0.2, 0) is 4.74 Å². The molecule has 1 N–H and O–H groups in total. The van der Waals surface area contributed by atoms with Crippen molar-refractivity contribution in [2.45, 2.75) is 44.6 Å². The Bertz CT molecular complexity index is 662. The van der Waals surface area contributed by atoms with Crippen molar-refractivity contribution in [2.24, 2.45) is 0 Å². The lowest BCUT2D eigenvalue weighted by Gasteiger charge is -2.21. The quantitative estimate of drug-likeness (QED) is 0.834. The van der Waals surface area contributed by atoms with Gasteiger partial charge in [-0.15, -0.1) is 0 Å². The molecule has 0 atom stereocenters. The van der Waals surface area contributed by atoms with E-state index in [9.17, 15) is 4.79 Å². The first-order valence-corrected chi connectivity index (χ1v) is 8.17. The highest BCUT2D eigenvalue weighted by atomic mass is 16.5. The summed E-state index contributed by atoms with van der Waals surface area (Å²) in [5, 5.41) is 3.21. The number of ether oxygens (including phenoxy) is 1. The lowest BCUT2D eigenvalue weighted by Crippen LogP contribution is -2.19. The van der Waals surface area contributed by atoms with Crippen LogP contribution in [0.1, 0.15) is 38.5 Å². The number of nitrogens with one attached hydrogen (secondary N) is 1. The molecule has 0 bridgehead atoms. The van der Waals surface area contributed by atoms with Crippen molar-refractivity contribution in [3.63, 3.8) is 0 Å². The summed E-state index contributed by atoms with van der Waals surface area (Å²) < 4.78 is 7.43. The van der Waals surface area contributed by atoms with Crippen molar-refractivity contribution < 1.29 is 4.74 Å². The smallest absolute Gasteiger partial charge is 0.259 e. The third-order valence-corrected chi connectivity index (χ3v) is 4.10. The van der Waals surface area contributed by atoms with E-state index in [2.05, 4.69) is 10.3 Å². The van der Waals surface area contributed by atoms with Gasteiger partial charge in [-0.3, -0.25) is 9.20 Å². The lowest BCUT2D eigenvalue weighted by molar-refractivity contribution is 0.0284. The van der Waals surface area contributed by atoms with Crippen molar-refractivity contribution >= 4 is 11.5 Å². The fourth-order valence-electron chi connectivity index (χ4n) is 2.91. The van der Waals surface area contributed by atoms with Crippen LogP contribution in [0.5, 0.6) is 0 Å². The summed E-state index contributed by atoms with van der Waals surface area (Å²) in [6.07, 6.45) is 9.47. The summed E-state index contributed by atoms with van der Waals surface area (Å²) in [6.45, 7) is 1.53. The Balaban J connectivity index is 1.46. The topological polar surface area (TPSA) is 55.6 Å². The van der Waals surface area contributed by atoms with Crippen molar-refractivity contribution in [1.82, 2.24) is 9.38 Å². The summed E-state index contributed by atoms with van der Waals surface area (Å²) in [5.41, 5.74) is 0.600. The van der Waals surface area contributed by atoms with Crippen LogP contribution >= 0.6 is 0 Å². The molecule has 2 aromatic rings. The number of hydrogen-bond donors (Lipinski definition) is 1. The number of nitrogens with zero attached hydrogens (tertiary/aromatic N) is 2. The molecule has 1 aliphatic rings. The zero-order chi connectivity index (χ0) is 15.2. The molecule has 5 nitrogen and oxygen atoms in total. The van der Waals surface area contributed by atoms with Crippen LogP contribution in [0.25, 0.3) is 5.65 Å². The molecule has 2 heterocycles. The second-order valence-corrected chi connectivity index (χ2v) is 5.82. The van der Waals surface area contributed by atoms with Gasteiger partial charge in [-0.2, -0.15) is 0 Å². The van der Waals surface area contributed by atoms with Crippen LogP contribution in [0.15, 0.2) is 35.3 Å². The zero-order valence-corrected chi connectivity index (χ0v) is 12.8. The molecule has 0 aliphatic heterocycles. The van der Waals surface area contributed by atoms with Crippen LogP contribution in [0.4, 0.5) is 5.82 Å². The van der Waals surface area contributed by atoms with Crippen LogP contribution < -0.4 is 10.9 Å². The van der Waals surface area contributed by atoms with Gasteiger partial charge in [-0.25, -0.2) is 4.98 Å². The Morgan fingerprint density at radius 1 is 1.27 bits per heavy atom. The SMILES string of the molecule is O=c1cc(NCCCOC2CCCCC2)nc2ccccn12. The maximum Gasteiger partial charge on any atom is 0.259 e. The van der Waals surface area contributed by atoms with Gasteiger partial charge in [0.05, 0.1) is 6.10 Å². The van der Waals surface area contributed by atoms with E-state index in [1.165, 1.54) is 42.6 Å². The van der Waals surface area contributed by atoms with Crippen molar-refractivity contribution in [3.05, 3.63) is 40.8 Å². The molecule has 0 aromatic carbocycles. The van der Waals surface area contributed by atoms with Gasteiger partial charge in [0, 0.05) is 25.4 Å². The van der Waals surface area contributed by atoms with Gasteiger partial charge in [0.25, 0.3) is 5.56 Å². The fourth-order valence-corrected chi connectivity index (χ4v) is 2.91. The minimum atomic E-state index is -0.0634. The number of rotatable bonds is 6. The number of aromatic nitrogens is 2. The highest BCUT2D eigenvalue weighted by Crippen LogP contribution is 2.20. The molecule has 3 rings (SSSR count). The molecule has 0 unspecified atom stereocenters. The minimum Gasteiger partial charge on any atom is -0.378 e. The highest BCUT2D eigenvalue weighted by Gasteiger charge is 2.12. The molecule has 0 radical (unpaired) electrons. The number of hydrogen-bond acceptors (Lipinski definition) is 4. The standard InChI is InChI=1S/C17H23N3O2/c21-17-13-15(19-16-9-4-5-11-20(16)17)18-10-6-12-22-14-7-2-1-3-8-14/h4-5,9,11,13-14,18H,1-3,6-8,10,12H2. The summed E-state index contributed by atoms with van der Waals surface area (Å²) in [7, 11) is 0. The third kappa shape index (κ3) is 3.85. The van der Waals surface area contributed by atoms with E-state index < -0.39 is 0 Å². The second-order valence-electron chi connectivity index (χ2n) is 5.82. The molecule has 5 heteroatoms. The number of fused-ring (bicyclic) bond motifs is 1. The van der Waals surface area contributed by atoms with E-state index in [1.54, 1.807) is 6.20 Å². The van der Waals surface area contributed by atoms with Crippen molar-refractivity contribution in [3.8, 4) is 0 Å². The van der Waals surface area contributed by atoms with Crippen molar-refractivity contribution in [1.29, 1.82) is 0 Å². The van der Waals surface area contributed by atoms with Crippen LogP contribution in [-0.4, -0.2) is 28.6 Å². The Kier molecular flexibility index (Phi) is 5.06. The molecule has 0 saturated heterocycles. The van der Waals surface area contributed by atoms with E-state index in [1.807, 2.05) is 18.2 Å². The molecule has 22 heavy (non-hydrogen) atoms. The van der Waals surface area contributed by atoms with Crippen LogP contribution in [0, 0.1) is 0 Å². The molecular formula is C17H23N3O2. The predicted molar refractivity (Wildman–Crippen MR) is 87.4 cm³/mol. The first-order valence-electron chi connectivity index (χ1n) is 8.17.